The number of hydrogen-bond donors (Lipinski definition) is 0. The van der Waals surface area contributed by atoms with Crippen LogP contribution in [0.25, 0.3) is 0 Å². The molecule has 0 spiro atoms. The molecule has 0 saturated heterocycles. The summed E-state index contributed by atoms with van der Waals surface area (Å²) < 4.78 is 0. The molecule has 0 aliphatic rings. The summed E-state index contributed by atoms with van der Waals surface area (Å²) in [6.45, 7) is 19.4. The first kappa shape index (κ1) is 22.1. The molecule has 0 N–H and O–H groups in total. The molecule has 4 heteroatoms. The van der Waals surface area contributed by atoms with Crippen LogP contribution in [0.15, 0.2) is 91.6 Å². The summed E-state index contributed by atoms with van der Waals surface area (Å²) in [5, 5.41) is 0. The predicted octanol–water partition coefficient (Wildman–Crippen LogP) is 5.30. The van der Waals surface area contributed by atoms with Crippen LogP contribution in [0.2, 0.25) is 0 Å². The molecule has 0 fully saturated rings. The molecule has 0 unspecified atom stereocenters. The van der Waals surface area contributed by atoms with E-state index < -0.39 is 0 Å². The minimum Gasteiger partial charge on any atom is -0.274 e. The van der Waals surface area contributed by atoms with Gasteiger partial charge in [0.15, 0.2) is 0 Å². The molecule has 0 aliphatic heterocycles. The number of hydrogen-bond acceptors (Lipinski definition) is 3. The van der Waals surface area contributed by atoms with Crippen molar-refractivity contribution < 1.29 is 0 Å². The second kappa shape index (κ2) is 12.5. The lowest BCUT2D eigenvalue weighted by Crippen LogP contribution is -1.99. The molecule has 0 saturated carbocycles. The largest absolute Gasteiger partial charge is 0.274 e. The Kier molecular flexibility index (Phi) is 11.1. The van der Waals surface area contributed by atoms with Crippen molar-refractivity contribution in [3.05, 3.63) is 71.7 Å². The number of rotatable bonds is 8. The van der Waals surface area contributed by atoms with Gasteiger partial charge in [0, 0.05) is 25.0 Å². The number of amidine groups is 1. The maximum Gasteiger partial charge on any atom is 0.119 e. The summed E-state index contributed by atoms with van der Waals surface area (Å²) in [6, 6.07) is 0. The van der Waals surface area contributed by atoms with Gasteiger partial charge in [-0.15, -0.1) is 0 Å². The summed E-state index contributed by atoms with van der Waals surface area (Å²) in [5.41, 5.74) is 3.59. The molecule has 0 aromatic rings. The number of nitrogens with zero attached hydrogens (tertiary/aromatic N) is 4. The van der Waals surface area contributed by atoms with Crippen molar-refractivity contribution >= 4 is 25.0 Å². The summed E-state index contributed by atoms with van der Waals surface area (Å²) in [7, 11) is 1.70. The molecule has 0 rings (SSSR count). The van der Waals surface area contributed by atoms with E-state index in [0.29, 0.717) is 17.2 Å². The van der Waals surface area contributed by atoms with E-state index in [1.807, 2.05) is 58.1 Å². The molecular formula is C21H28N4. The van der Waals surface area contributed by atoms with Crippen LogP contribution in [-0.4, -0.2) is 32.0 Å². The Hall–Kier alpha value is -2.88. The highest BCUT2D eigenvalue weighted by Gasteiger charge is 2.12. The van der Waals surface area contributed by atoms with Crippen LogP contribution in [-0.2, 0) is 0 Å². The van der Waals surface area contributed by atoms with Gasteiger partial charge in [0.25, 0.3) is 0 Å². The topological polar surface area (TPSA) is 49.4 Å². The number of aliphatic imine (C=N–C) groups is 4. The summed E-state index contributed by atoms with van der Waals surface area (Å²) in [6.07, 6.45) is 12.9. The van der Waals surface area contributed by atoms with Crippen molar-refractivity contribution in [1.82, 2.24) is 0 Å². The van der Waals surface area contributed by atoms with E-state index in [0.717, 1.165) is 16.7 Å². The summed E-state index contributed by atoms with van der Waals surface area (Å²) in [5.74, 6) is 0.676. The first-order chi connectivity index (χ1) is 12.0. The lowest BCUT2D eigenvalue weighted by atomic mass is 9.96. The average molecular weight is 336 g/mol. The van der Waals surface area contributed by atoms with Gasteiger partial charge in [-0.3, -0.25) is 15.0 Å². The zero-order valence-electron chi connectivity index (χ0n) is 16.0. The van der Waals surface area contributed by atoms with Crippen LogP contribution in [0.3, 0.4) is 0 Å². The number of allylic oxidation sites excluding steroid dienone is 8. The van der Waals surface area contributed by atoms with Crippen LogP contribution in [0.1, 0.15) is 27.7 Å². The van der Waals surface area contributed by atoms with Crippen molar-refractivity contribution in [2.75, 3.05) is 7.05 Å². The average Bonchev–Trinajstić information content (AvgIpc) is 2.61. The minimum absolute atomic E-state index is 0.525. The second-order valence-electron chi connectivity index (χ2n) is 4.93. The van der Waals surface area contributed by atoms with Crippen molar-refractivity contribution in [1.29, 1.82) is 0 Å². The lowest BCUT2D eigenvalue weighted by Gasteiger charge is -2.12. The highest BCUT2D eigenvalue weighted by Crippen LogP contribution is 2.27. The molecule has 0 radical (unpaired) electrons. The Balaban J connectivity index is 6.10. The van der Waals surface area contributed by atoms with Gasteiger partial charge in [0.05, 0.1) is 11.4 Å². The van der Waals surface area contributed by atoms with Crippen LogP contribution in [0, 0.1) is 0 Å². The predicted molar refractivity (Wildman–Crippen MR) is 114 cm³/mol. The Bertz CT molecular complexity index is 708. The monoisotopic (exact) mass is 336 g/mol. The maximum absolute atomic E-state index is 4.31. The van der Waals surface area contributed by atoms with Crippen LogP contribution in [0.5, 0.6) is 0 Å². The molecule has 0 aromatic heterocycles. The maximum atomic E-state index is 4.31. The van der Waals surface area contributed by atoms with Crippen molar-refractivity contribution in [2.45, 2.75) is 27.7 Å². The fourth-order valence-electron chi connectivity index (χ4n) is 1.89. The SMILES string of the molecule is C=N/C(C(=C)N=C/C=C\C)=C(\C=C/C)C(=C\C)/C(=C)C=NC(C)=NC. The normalized spacial score (nSPS) is 14.8. The third-order valence-corrected chi connectivity index (χ3v) is 3.18. The van der Waals surface area contributed by atoms with E-state index >= 15 is 0 Å². The molecule has 0 heterocycles. The fourth-order valence-corrected chi connectivity index (χ4v) is 1.89. The minimum atomic E-state index is 0.525. The second-order valence-corrected chi connectivity index (χ2v) is 4.93. The van der Waals surface area contributed by atoms with Gasteiger partial charge in [0.1, 0.15) is 5.84 Å². The Morgan fingerprint density at radius 2 is 1.68 bits per heavy atom. The van der Waals surface area contributed by atoms with Gasteiger partial charge in [-0.1, -0.05) is 37.5 Å². The smallest absolute Gasteiger partial charge is 0.119 e. The third-order valence-electron chi connectivity index (χ3n) is 3.18. The van der Waals surface area contributed by atoms with E-state index in [2.05, 4.69) is 39.8 Å². The Morgan fingerprint density at radius 1 is 1.00 bits per heavy atom. The van der Waals surface area contributed by atoms with Crippen molar-refractivity contribution in [2.24, 2.45) is 20.0 Å². The van der Waals surface area contributed by atoms with Gasteiger partial charge >= 0.3 is 0 Å². The zero-order chi connectivity index (χ0) is 19.2. The molecule has 0 aliphatic carbocycles. The van der Waals surface area contributed by atoms with Gasteiger partial charge in [-0.05, 0) is 51.6 Å². The Labute approximate surface area is 151 Å². The van der Waals surface area contributed by atoms with Crippen molar-refractivity contribution in [3.63, 3.8) is 0 Å². The summed E-state index contributed by atoms with van der Waals surface area (Å²) >= 11 is 0. The molecular weight excluding hydrogens is 308 g/mol. The van der Waals surface area contributed by atoms with E-state index in [1.165, 1.54) is 0 Å². The molecule has 132 valence electrons. The highest BCUT2D eigenvalue weighted by molar-refractivity contribution is 5.96. The molecule has 4 nitrogen and oxygen atoms in total. The third kappa shape index (κ3) is 7.48. The molecule has 25 heavy (non-hydrogen) atoms. The van der Waals surface area contributed by atoms with Gasteiger partial charge in [0.2, 0.25) is 0 Å². The van der Waals surface area contributed by atoms with E-state index in [9.17, 15) is 0 Å². The van der Waals surface area contributed by atoms with Gasteiger partial charge < -0.3 is 0 Å². The standard InChI is InChI=1S/C21H28N4/c1-9-12-14-24-17(5)21(23-8)20(13-10-2)19(11-3)16(4)15-25-18(6)22-7/h9-15H,4-5,8H2,1-3,6-7H3/b12-9-,13-10-,19-11-,21-20+,22-18?,24-14?,25-15?. The molecule has 0 amide bonds. The van der Waals surface area contributed by atoms with Crippen LogP contribution < -0.4 is 0 Å². The van der Waals surface area contributed by atoms with E-state index in [-0.39, 0.29) is 0 Å². The summed E-state index contributed by atoms with van der Waals surface area (Å²) in [4.78, 5) is 16.7. The quantitative estimate of drug-likeness (QED) is 0.328. The van der Waals surface area contributed by atoms with E-state index in [4.69, 9.17) is 0 Å². The fraction of sp³-hybridized carbons (Fsp3) is 0.238. The Morgan fingerprint density at radius 3 is 2.16 bits per heavy atom. The molecule has 0 atom stereocenters. The van der Waals surface area contributed by atoms with Crippen LogP contribution >= 0.6 is 0 Å². The first-order valence-corrected chi connectivity index (χ1v) is 7.98. The molecule has 0 aromatic carbocycles. The van der Waals surface area contributed by atoms with Crippen LogP contribution in [0.4, 0.5) is 0 Å². The highest BCUT2D eigenvalue weighted by atomic mass is 14.9. The van der Waals surface area contributed by atoms with Gasteiger partial charge in [-0.2, -0.15) is 0 Å². The molecule has 0 bridgehead atoms. The van der Waals surface area contributed by atoms with Gasteiger partial charge in [-0.25, -0.2) is 4.99 Å². The first-order valence-electron chi connectivity index (χ1n) is 7.98. The van der Waals surface area contributed by atoms with E-state index in [1.54, 1.807) is 19.5 Å². The lowest BCUT2D eigenvalue weighted by molar-refractivity contribution is 1.22. The van der Waals surface area contributed by atoms with Crippen molar-refractivity contribution in [3.8, 4) is 0 Å². The zero-order valence-corrected chi connectivity index (χ0v) is 16.0.